The van der Waals surface area contributed by atoms with Gasteiger partial charge in [0.2, 0.25) is 0 Å². The molecule has 0 amide bonds. The molecule has 1 N–H and O–H groups in total. The van der Waals surface area contributed by atoms with E-state index < -0.39 is 6.10 Å². The van der Waals surface area contributed by atoms with Gasteiger partial charge in [-0.3, -0.25) is 0 Å². The van der Waals surface area contributed by atoms with Crippen LogP contribution in [0.1, 0.15) is 28.4 Å². The molecule has 0 radical (unpaired) electrons. The molecule has 0 heterocycles. The standard InChI is InChI=1S/C11H16OS/c1-7-4-8(2)11(9(3)5-7)10(12)6-13/h4-5,10,12-13H,6H2,1-3H3. The van der Waals surface area contributed by atoms with Crippen LogP contribution in [0.5, 0.6) is 0 Å². The van der Waals surface area contributed by atoms with Gasteiger partial charge in [-0.1, -0.05) is 17.7 Å². The molecule has 2 heteroatoms. The molecule has 0 spiro atoms. The Morgan fingerprint density at radius 3 is 2.08 bits per heavy atom. The summed E-state index contributed by atoms with van der Waals surface area (Å²) in [5.41, 5.74) is 4.57. The fraction of sp³-hybridized carbons (Fsp3) is 0.455. The number of rotatable bonds is 2. The summed E-state index contributed by atoms with van der Waals surface area (Å²) in [4.78, 5) is 0. The SMILES string of the molecule is Cc1cc(C)c(C(O)CS)c(C)c1. The summed E-state index contributed by atoms with van der Waals surface area (Å²) >= 11 is 4.10. The van der Waals surface area contributed by atoms with E-state index in [-0.39, 0.29) is 0 Å². The van der Waals surface area contributed by atoms with Gasteiger partial charge >= 0.3 is 0 Å². The molecule has 0 aliphatic rings. The summed E-state index contributed by atoms with van der Waals surface area (Å²) in [5, 5.41) is 9.71. The molecule has 1 aromatic rings. The van der Waals surface area contributed by atoms with Crippen molar-refractivity contribution in [2.24, 2.45) is 0 Å². The first-order valence-electron chi connectivity index (χ1n) is 4.43. The molecule has 1 unspecified atom stereocenters. The molecule has 1 atom stereocenters. The van der Waals surface area contributed by atoms with Gasteiger partial charge in [0.05, 0.1) is 6.10 Å². The highest BCUT2D eigenvalue weighted by Crippen LogP contribution is 2.23. The lowest BCUT2D eigenvalue weighted by atomic mass is 9.96. The first kappa shape index (κ1) is 10.6. The van der Waals surface area contributed by atoms with Crippen molar-refractivity contribution in [3.05, 3.63) is 34.4 Å². The lowest BCUT2D eigenvalue weighted by molar-refractivity contribution is 0.203. The zero-order valence-corrected chi connectivity index (χ0v) is 9.23. The molecule has 0 saturated carbocycles. The molecule has 72 valence electrons. The van der Waals surface area contributed by atoms with E-state index >= 15 is 0 Å². The van der Waals surface area contributed by atoms with Crippen LogP contribution in [0.3, 0.4) is 0 Å². The smallest absolute Gasteiger partial charge is 0.0883 e. The molecule has 1 aromatic carbocycles. The lowest BCUT2D eigenvalue weighted by Gasteiger charge is -2.15. The Morgan fingerprint density at radius 1 is 1.23 bits per heavy atom. The van der Waals surface area contributed by atoms with Crippen LogP contribution in [0, 0.1) is 20.8 Å². The monoisotopic (exact) mass is 196 g/mol. The van der Waals surface area contributed by atoms with Gasteiger partial charge in [-0.05, 0) is 37.5 Å². The molecule has 1 rings (SSSR count). The van der Waals surface area contributed by atoms with Gasteiger partial charge in [0.25, 0.3) is 0 Å². The minimum atomic E-state index is -0.441. The van der Waals surface area contributed by atoms with Crippen LogP contribution < -0.4 is 0 Å². The number of hydrogen-bond donors (Lipinski definition) is 2. The van der Waals surface area contributed by atoms with Gasteiger partial charge in [-0.25, -0.2) is 0 Å². The van der Waals surface area contributed by atoms with Crippen molar-refractivity contribution in [1.82, 2.24) is 0 Å². The highest BCUT2D eigenvalue weighted by atomic mass is 32.1. The summed E-state index contributed by atoms with van der Waals surface area (Å²) < 4.78 is 0. The van der Waals surface area contributed by atoms with Gasteiger partial charge in [0, 0.05) is 5.75 Å². The minimum Gasteiger partial charge on any atom is -0.388 e. The molecule has 0 aromatic heterocycles. The van der Waals surface area contributed by atoms with Crippen molar-refractivity contribution in [3.63, 3.8) is 0 Å². The van der Waals surface area contributed by atoms with Gasteiger partial charge in [-0.2, -0.15) is 12.6 Å². The predicted octanol–water partition coefficient (Wildman–Crippen LogP) is 2.58. The second-order valence-corrected chi connectivity index (χ2v) is 3.88. The molecular weight excluding hydrogens is 180 g/mol. The fourth-order valence-electron chi connectivity index (χ4n) is 1.81. The first-order valence-corrected chi connectivity index (χ1v) is 5.06. The van der Waals surface area contributed by atoms with Gasteiger partial charge in [0.15, 0.2) is 0 Å². The maximum atomic E-state index is 9.71. The molecule has 0 fully saturated rings. The maximum absolute atomic E-state index is 9.71. The molecule has 0 aliphatic carbocycles. The third-order valence-corrected chi connectivity index (χ3v) is 2.59. The number of hydrogen-bond acceptors (Lipinski definition) is 2. The Hall–Kier alpha value is -0.470. The van der Waals surface area contributed by atoms with Gasteiger partial charge in [0.1, 0.15) is 0 Å². The average Bonchev–Trinajstić information content (AvgIpc) is 2.02. The van der Waals surface area contributed by atoms with Gasteiger partial charge in [-0.15, -0.1) is 0 Å². The van der Waals surface area contributed by atoms with E-state index in [0.717, 1.165) is 16.7 Å². The highest BCUT2D eigenvalue weighted by Gasteiger charge is 2.11. The summed E-state index contributed by atoms with van der Waals surface area (Å²) in [6, 6.07) is 4.18. The molecule has 0 saturated heterocycles. The van der Waals surface area contributed by atoms with Crippen LogP contribution in [0.4, 0.5) is 0 Å². The number of aliphatic hydroxyl groups excluding tert-OH is 1. The molecule has 1 nitrogen and oxygen atoms in total. The van der Waals surface area contributed by atoms with E-state index in [1.165, 1.54) is 5.56 Å². The summed E-state index contributed by atoms with van der Waals surface area (Å²) in [5.74, 6) is 0.477. The van der Waals surface area contributed by atoms with E-state index in [1.807, 2.05) is 13.8 Å². The predicted molar refractivity (Wildman–Crippen MR) is 59.5 cm³/mol. The number of aryl methyl sites for hydroxylation is 3. The van der Waals surface area contributed by atoms with E-state index in [1.54, 1.807) is 0 Å². The quantitative estimate of drug-likeness (QED) is 0.697. The van der Waals surface area contributed by atoms with Crippen molar-refractivity contribution in [1.29, 1.82) is 0 Å². The number of aliphatic hydroxyl groups is 1. The van der Waals surface area contributed by atoms with E-state index in [4.69, 9.17) is 0 Å². The molecular formula is C11H16OS. The van der Waals surface area contributed by atoms with Crippen LogP contribution in [-0.4, -0.2) is 10.9 Å². The zero-order valence-electron chi connectivity index (χ0n) is 8.33. The Morgan fingerprint density at radius 2 is 1.69 bits per heavy atom. The largest absolute Gasteiger partial charge is 0.388 e. The van der Waals surface area contributed by atoms with Gasteiger partial charge < -0.3 is 5.11 Å². The topological polar surface area (TPSA) is 20.2 Å². The molecule has 0 bridgehead atoms. The van der Waals surface area contributed by atoms with Crippen molar-refractivity contribution < 1.29 is 5.11 Å². The van der Waals surface area contributed by atoms with Crippen LogP contribution in [-0.2, 0) is 0 Å². The zero-order chi connectivity index (χ0) is 10.0. The van der Waals surface area contributed by atoms with Crippen LogP contribution >= 0.6 is 12.6 Å². The Kier molecular flexibility index (Phi) is 3.40. The summed E-state index contributed by atoms with van der Waals surface area (Å²) in [6.45, 7) is 6.13. The second kappa shape index (κ2) is 4.16. The third kappa shape index (κ3) is 2.26. The van der Waals surface area contributed by atoms with Crippen molar-refractivity contribution in [3.8, 4) is 0 Å². The van der Waals surface area contributed by atoms with Crippen molar-refractivity contribution >= 4 is 12.6 Å². The maximum Gasteiger partial charge on any atom is 0.0883 e. The lowest BCUT2D eigenvalue weighted by Crippen LogP contribution is -2.04. The molecule has 0 aliphatic heterocycles. The van der Waals surface area contributed by atoms with E-state index in [0.29, 0.717) is 5.75 Å². The average molecular weight is 196 g/mol. The molecule has 13 heavy (non-hydrogen) atoms. The highest BCUT2D eigenvalue weighted by molar-refractivity contribution is 7.80. The van der Waals surface area contributed by atoms with Crippen LogP contribution in [0.15, 0.2) is 12.1 Å². The fourth-order valence-corrected chi connectivity index (χ4v) is 1.99. The Labute approximate surface area is 85.2 Å². The summed E-state index contributed by atoms with van der Waals surface area (Å²) in [7, 11) is 0. The Bertz CT molecular complexity index is 284. The van der Waals surface area contributed by atoms with E-state index in [2.05, 4.69) is 31.7 Å². The Balaban J connectivity index is 3.20. The third-order valence-electron chi connectivity index (χ3n) is 2.24. The van der Waals surface area contributed by atoms with Crippen LogP contribution in [0.2, 0.25) is 0 Å². The number of benzene rings is 1. The minimum absolute atomic E-state index is 0.441. The normalized spacial score (nSPS) is 13.0. The first-order chi connectivity index (χ1) is 6.06. The number of thiol groups is 1. The van der Waals surface area contributed by atoms with Crippen LogP contribution in [0.25, 0.3) is 0 Å². The van der Waals surface area contributed by atoms with E-state index in [9.17, 15) is 5.11 Å². The van der Waals surface area contributed by atoms with Crippen molar-refractivity contribution in [2.45, 2.75) is 26.9 Å². The van der Waals surface area contributed by atoms with Crippen molar-refractivity contribution in [2.75, 3.05) is 5.75 Å². The second-order valence-electron chi connectivity index (χ2n) is 3.51. The summed E-state index contributed by atoms with van der Waals surface area (Å²) in [6.07, 6.45) is -0.441.